The topological polar surface area (TPSA) is 78.9 Å². The van der Waals surface area contributed by atoms with Crippen LogP contribution in [0.1, 0.15) is 323 Å². The average molecular weight is 930 g/mol. The Bertz CT molecular complexity index is 1070. The highest BCUT2D eigenvalue weighted by molar-refractivity contribution is 5.71. The molecule has 6 nitrogen and oxygen atoms in total. The van der Waals surface area contributed by atoms with E-state index in [4.69, 9.17) is 14.2 Å². The van der Waals surface area contributed by atoms with Crippen LogP contribution in [0, 0.1) is 0 Å². The summed E-state index contributed by atoms with van der Waals surface area (Å²) in [7, 11) is 0. The maximum atomic E-state index is 12.8. The highest BCUT2D eigenvalue weighted by atomic mass is 16.6. The van der Waals surface area contributed by atoms with E-state index in [9.17, 15) is 14.4 Å². The SMILES string of the molecule is CCCCC/C=C\C/C=C\CCCCCCCC(=O)OC(COC(=O)CCCCCCCCCC)COC(=O)CCCCCCCCCCCCCCCCCCCCCCCCCCC. The highest BCUT2D eigenvalue weighted by Gasteiger charge is 2.19. The first kappa shape index (κ1) is 63.9. The molecule has 1 atom stereocenters. The first-order chi connectivity index (χ1) is 32.5. The van der Waals surface area contributed by atoms with E-state index in [0.29, 0.717) is 19.3 Å². The summed E-state index contributed by atoms with van der Waals surface area (Å²) in [5.74, 6) is -0.873. The Morgan fingerprint density at radius 2 is 0.545 bits per heavy atom. The summed E-state index contributed by atoms with van der Waals surface area (Å²) in [6, 6.07) is 0. The van der Waals surface area contributed by atoms with Crippen molar-refractivity contribution < 1.29 is 28.6 Å². The van der Waals surface area contributed by atoms with Gasteiger partial charge in [0.15, 0.2) is 6.10 Å². The second-order valence-electron chi connectivity index (χ2n) is 19.9. The molecular formula is C60H112O6. The van der Waals surface area contributed by atoms with E-state index < -0.39 is 6.10 Å². The Kier molecular flexibility index (Phi) is 53.7. The summed E-state index contributed by atoms with van der Waals surface area (Å²) in [4.78, 5) is 38.0. The van der Waals surface area contributed by atoms with Gasteiger partial charge in [0.1, 0.15) is 13.2 Å². The first-order valence-corrected chi connectivity index (χ1v) is 29.3. The largest absolute Gasteiger partial charge is 0.462 e. The lowest BCUT2D eigenvalue weighted by Gasteiger charge is -2.18. The van der Waals surface area contributed by atoms with Crippen LogP contribution in [0.15, 0.2) is 24.3 Å². The lowest BCUT2D eigenvalue weighted by Crippen LogP contribution is -2.30. The van der Waals surface area contributed by atoms with Gasteiger partial charge in [-0.25, -0.2) is 0 Å². The monoisotopic (exact) mass is 929 g/mol. The Morgan fingerprint density at radius 1 is 0.303 bits per heavy atom. The molecule has 0 aliphatic carbocycles. The van der Waals surface area contributed by atoms with E-state index >= 15 is 0 Å². The van der Waals surface area contributed by atoms with Crippen molar-refractivity contribution in [2.24, 2.45) is 0 Å². The number of unbranched alkanes of at least 4 members (excludes halogenated alkanes) is 39. The second-order valence-corrected chi connectivity index (χ2v) is 19.9. The van der Waals surface area contributed by atoms with Crippen LogP contribution >= 0.6 is 0 Å². The van der Waals surface area contributed by atoms with E-state index in [1.54, 1.807) is 0 Å². The molecule has 0 spiro atoms. The zero-order chi connectivity index (χ0) is 47.9. The molecule has 0 aliphatic heterocycles. The number of hydrogen-bond acceptors (Lipinski definition) is 6. The standard InChI is InChI=1S/C60H112O6/c1-4-7-10-13-16-19-21-23-25-26-27-28-29-30-31-32-33-34-36-37-39-41-44-47-50-53-59(62)65-56-57(55-64-58(61)52-49-46-43-18-15-12-9-6-3)66-60(63)54-51-48-45-42-40-38-35-24-22-20-17-14-11-8-5-2/h17,20,24,35,57H,4-16,18-19,21-23,25-34,36-56H2,1-3H3/b20-17-,35-24-. The number of hydrogen-bond donors (Lipinski definition) is 0. The van der Waals surface area contributed by atoms with E-state index in [1.807, 2.05) is 0 Å². The number of carbonyl (C=O) groups excluding carboxylic acids is 3. The van der Waals surface area contributed by atoms with Crippen LogP contribution in [0.4, 0.5) is 0 Å². The first-order valence-electron chi connectivity index (χ1n) is 29.3. The van der Waals surface area contributed by atoms with Crippen molar-refractivity contribution in [3.8, 4) is 0 Å². The lowest BCUT2D eigenvalue weighted by atomic mass is 10.0. The Labute approximate surface area is 411 Å². The van der Waals surface area contributed by atoms with Gasteiger partial charge in [-0.15, -0.1) is 0 Å². The van der Waals surface area contributed by atoms with Crippen molar-refractivity contribution >= 4 is 17.9 Å². The summed E-state index contributed by atoms with van der Waals surface area (Å²) in [5, 5.41) is 0. The number of rotatable bonds is 54. The third-order valence-corrected chi connectivity index (χ3v) is 13.2. The maximum absolute atomic E-state index is 12.8. The third-order valence-electron chi connectivity index (χ3n) is 13.2. The molecule has 0 fully saturated rings. The van der Waals surface area contributed by atoms with Gasteiger partial charge in [-0.2, -0.15) is 0 Å². The van der Waals surface area contributed by atoms with Gasteiger partial charge < -0.3 is 14.2 Å². The fraction of sp³-hybridized carbons (Fsp3) is 0.883. The Morgan fingerprint density at radius 3 is 0.864 bits per heavy atom. The van der Waals surface area contributed by atoms with Crippen LogP contribution in [0.5, 0.6) is 0 Å². The van der Waals surface area contributed by atoms with Gasteiger partial charge in [0.2, 0.25) is 0 Å². The maximum Gasteiger partial charge on any atom is 0.306 e. The van der Waals surface area contributed by atoms with Gasteiger partial charge in [-0.1, -0.05) is 276 Å². The molecule has 0 rings (SSSR count). The fourth-order valence-electron chi connectivity index (χ4n) is 8.77. The number of ether oxygens (including phenoxy) is 3. The molecule has 0 aromatic heterocycles. The van der Waals surface area contributed by atoms with E-state index in [1.165, 1.54) is 205 Å². The number of esters is 3. The van der Waals surface area contributed by atoms with Crippen molar-refractivity contribution in [2.45, 2.75) is 329 Å². The molecule has 0 aromatic rings. The van der Waals surface area contributed by atoms with Crippen molar-refractivity contribution in [1.82, 2.24) is 0 Å². The summed E-state index contributed by atoms with van der Waals surface area (Å²) in [6.07, 6.45) is 64.8. The molecule has 0 saturated carbocycles. The second kappa shape index (κ2) is 55.5. The smallest absolute Gasteiger partial charge is 0.306 e. The summed E-state index contributed by atoms with van der Waals surface area (Å²) in [6.45, 7) is 6.62. The Balaban J connectivity index is 4.11. The van der Waals surface area contributed by atoms with Gasteiger partial charge in [0, 0.05) is 19.3 Å². The van der Waals surface area contributed by atoms with Crippen molar-refractivity contribution in [2.75, 3.05) is 13.2 Å². The van der Waals surface area contributed by atoms with Crippen molar-refractivity contribution in [1.29, 1.82) is 0 Å². The molecule has 0 aliphatic rings. The summed E-state index contributed by atoms with van der Waals surface area (Å²) in [5.41, 5.74) is 0. The molecule has 0 aromatic carbocycles. The molecule has 1 unspecified atom stereocenters. The molecule has 388 valence electrons. The minimum Gasteiger partial charge on any atom is -0.462 e. The third kappa shape index (κ3) is 52.9. The quantitative estimate of drug-likeness (QED) is 0.0262. The van der Waals surface area contributed by atoms with Gasteiger partial charge in [-0.05, 0) is 51.4 Å². The van der Waals surface area contributed by atoms with Gasteiger partial charge in [-0.3, -0.25) is 14.4 Å². The number of allylic oxidation sites excluding steroid dienone is 4. The molecule has 0 radical (unpaired) electrons. The van der Waals surface area contributed by atoms with Gasteiger partial charge in [0.25, 0.3) is 0 Å². The summed E-state index contributed by atoms with van der Waals surface area (Å²) >= 11 is 0. The van der Waals surface area contributed by atoms with E-state index in [2.05, 4.69) is 45.1 Å². The molecule has 0 amide bonds. The van der Waals surface area contributed by atoms with Gasteiger partial charge >= 0.3 is 17.9 Å². The fourth-order valence-corrected chi connectivity index (χ4v) is 8.77. The van der Waals surface area contributed by atoms with Crippen LogP contribution in [-0.4, -0.2) is 37.2 Å². The van der Waals surface area contributed by atoms with Crippen LogP contribution in [0.2, 0.25) is 0 Å². The molecule has 0 N–H and O–H groups in total. The van der Waals surface area contributed by atoms with E-state index in [0.717, 1.165) is 77.0 Å². The molecule has 0 saturated heterocycles. The minimum atomic E-state index is -0.772. The number of carbonyl (C=O) groups is 3. The molecular weight excluding hydrogens is 817 g/mol. The molecule has 66 heavy (non-hydrogen) atoms. The van der Waals surface area contributed by atoms with Gasteiger partial charge in [0.05, 0.1) is 0 Å². The van der Waals surface area contributed by atoms with Crippen LogP contribution in [0.3, 0.4) is 0 Å². The predicted octanol–water partition coefficient (Wildman–Crippen LogP) is 19.5. The molecule has 6 heteroatoms. The van der Waals surface area contributed by atoms with Crippen molar-refractivity contribution in [3.63, 3.8) is 0 Å². The summed E-state index contributed by atoms with van der Waals surface area (Å²) < 4.78 is 16.8. The average Bonchev–Trinajstić information content (AvgIpc) is 3.31. The van der Waals surface area contributed by atoms with Crippen LogP contribution in [0.25, 0.3) is 0 Å². The zero-order valence-corrected chi connectivity index (χ0v) is 44.5. The lowest BCUT2D eigenvalue weighted by molar-refractivity contribution is -0.167. The van der Waals surface area contributed by atoms with Crippen molar-refractivity contribution in [3.05, 3.63) is 24.3 Å². The minimum absolute atomic E-state index is 0.0722. The van der Waals surface area contributed by atoms with Crippen LogP contribution < -0.4 is 0 Å². The van der Waals surface area contributed by atoms with Crippen LogP contribution in [-0.2, 0) is 28.6 Å². The predicted molar refractivity (Wildman–Crippen MR) is 284 cm³/mol. The van der Waals surface area contributed by atoms with E-state index in [-0.39, 0.29) is 31.1 Å². The molecule has 0 bridgehead atoms. The highest BCUT2D eigenvalue weighted by Crippen LogP contribution is 2.17. The zero-order valence-electron chi connectivity index (χ0n) is 44.5. The normalized spacial score (nSPS) is 12.1. The molecule has 0 heterocycles. The Hall–Kier alpha value is -2.11.